The first-order valence-electron chi connectivity index (χ1n) is 7.15. The molecule has 0 unspecified atom stereocenters. The van der Waals surface area contributed by atoms with Crippen LogP contribution in [0.15, 0.2) is 22.7 Å². The number of H-pyrrole nitrogens is 1. The van der Waals surface area contributed by atoms with Gasteiger partial charge < -0.3 is 4.90 Å². The molecule has 0 fully saturated rings. The van der Waals surface area contributed by atoms with Crippen LogP contribution in [0, 0.1) is 13.8 Å². The van der Waals surface area contributed by atoms with E-state index in [0.29, 0.717) is 6.42 Å². The zero-order valence-electron chi connectivity index (χ0n) is 12.2. The van der Waals surface area contributed by atoms with E-state index in [9.17, 15) is 4.79 Å². The van der Waals surface area contributed by atoms with E-state index >= 15 is 0 Å². The molecule has 0 saturated carbocycles. The zero-order chi connectivity index (χ0) is 15.0. The first kappa shape index (κ1) is 14.3. The van der Waals surface area contributed by atoms with E-state index in [-0.39, 0.29) is 5.91 Å². The summed E-state index contributed by atoms with van der Waals surface area (Å²) in [6.07, 6.45) is 2.20. The third-order valence-corrected chi connectivity index (χ3v) is 4.60. The Bertz CT molecular complexity index is 673. The molecular formula is C16H18BrN3O. The number of aromatic amines is 1. The van der Waals surface area contributed by atoms with Crippen molar-refractivity contribution in [2.24, 2.45) is 0 Å². The van der Waals surface area contributed by atoms with Gasteiger partial charge in [0.2, 0.25) is 5.91 Å². The average molecular weight is 348 g/mol. The minimum absolute atomic E-state index is 0.191. The van der Waals surface area contributed by atoms with E-state index in [1.54, 1.807) is 0 Å². The number of rotatable bonds is 3. The number of hydrogen-bond acceptors (Lipinski definition) is 2. The van der Waals surface area contributed by atoms with Crippen LogP contribution in [0.5, 0.6) is 0 Å². The number of carbonyl (C=O) groups is 1. The molecule has 21 heavy (non-hydrogen) atoms. The second kappa shape index (κ2) is 5.64. The van der Waals surface area contributed by atoms with Crippen LogP contribution in [0.2, 0.25) is 0 Å². The van der Waals surface area contributed by atoms with Crippen molar-refractivity contribution in [1.82, 2.24) is 10.2 Å². The number of aromatic nitrogens is 2. The van der Waals surface area contributed by atoms with Crippen molar-refractivity contribution in [2.45, 2.75) is 33.1 Å². The smallest absolute Gasteiger partial charge is 0.227 e. The summed E-state index contributed by atoms with van der Waals surface area (Å²) < 4.78 is 1.07. The van der Waals surface area contributed by atoms with Gasteiger partial charge in [0.1, 0.15) is 0 Å². The quantitative estimate of drug-likeness (QED) is 0.925. The maximum absolute atomic E-state index is 12.5. The van der Waals surface area contributed by atoms with Gasteiger partial charge in [-0.3, -0.25) is 9.89 Å². The molecule has 0 saturated heterocycles. The predicted molar refractivity (Wildman–Crippen MR) is 86.6 cm³/mol. The first-order valence-corrected chi connectivity index (χ1v) is 7.95. The number of nitrogens with one attached hydrogen (secondary N) is 1. The molecule has 3 rings (SSSR count). The van der Waals surface area contributed by atoms with Crippen molar-refractivity contribution in [2.75, 3.05) is 11.4 Å². The minimum Gasteiger partial charge on any atom is -0.312 e. The van der Waals surface area contributed by atoms with E-state index < -0.39 is 0 Å². The van der Waals surface area contributed by atoms with E-state index in [2.05, 4.69) is 32.2 Å². The minimum atomic E-state index is 0.191. The highest BCUT2D eigenvalue weighted by atomic mass is 79.9. The van der Waals surface area contributed by atoms with Gasteiger partial charge in [0, 0.05) is 28.8 Å². The number of benzene rings is 1. The van der Waals surface area contributed by atoms with Gasteiger partial charge in [0.25, 0.3) is 0 Å². The standard InChI is InChI=1S/C16H18BrN3O/c1-10-14(11(2)19-18-10)4-6-16(21)20-8-7-12-9-13(17)3-5-15(12)20/h3,5,9H,4,6-8H2,1-2H3,(H,18,19). The fraction of sp³-hybridized carbons (Fsp3) is 0.375. The number of hydrogen-bond donors (Lipinski definition) is 1. The monoisotopic (exact) mass is 347 g/mol. The lowest BCUT2D eigenvalue weighted by Gasteiger charge is -2.17. The van der Waals surface area contributed by atoms with Crippen molar-refractivity contribution in [3.8, 4) is 0 Å². The molecule has 0 aliphatic carbocycles. The molecule has 1 aliphatic rings. The molecule has 1 aliphatic heterocycles. The Morgan fingerprint density at radius 2 is 2.24 bits per heavy atom. The normalized spacial score (nSPS) is 13.6. The Kier molecular flexibility index (Phi) is 3.85. The third-order valence-electron chi connectivity index (χ3n) is 4.11. The van der Waals surface area contributed by atoms with Crippen LogP contribution < -0.4 is 4.90 Å². The van der Waals surface area contributed by atoms with Gasteiger partial charge >= 0.3 is 0 Å². The van der Waals surface area contributed by atoms with Crippen molar-refractivity contribution in [1.29, 1.82) is 0 Å². The maximum atomic E-state index is 12.5. The molecule has 4 nitrogen and oxygen atoms in total. The van der Waals surface area contributed by atoms with Gasteiger partial charge in [0.05, 0.1) is 5.69 Å². The molecule has 0 atom stereocenters. The maximum Gasteiger partial charge on any atom is 0.227 e. The van der Waals surface area contributed by atoms with Crippen LogP contribution in [0.3, 0.4) is 0 Å². The molecule has 5 heteroatoms. The van der Waals surface area contributed by atoms with Crippen LogP contribution in [-0.2, 0) is 17.6 Å². The van der Waals surface area contributed by atoms with Gasteiger partial charge in [-0.1, -0.05) is 15.9 Å². The van der Waals surface area contributed by atoms with Crippen molar-refractivity contribution in [3.63, 3.8) is 0 Å². The van der Waals surface area contributed by atoms with Crippen LogP contribution in [0.1, 0.15) is 28.9 Å². The fourth-order valence-electron chi connectivity index (χ4n) is 2.94. The predicted octanol–water partition coefficient (Wildman–Crippen LogP) is 3.31. The van der Waals surface area contributed by atoms with Gasteiger partial charge in [-0.2, -0.15) is 5.10 Å². The average Bonchev–Trinajstić information content (AvgIpc) is 3.00. The SMILES string of the molecule is Cc1n[nH]c(C)c1CCC(=O)N1CCc2cc(Br)ccc21. The molecule has 2 aromatic rings. The summed E-state index contributed by atoms with van der Waals surface area (Å²) in [5, 5.41) is 7.15. The summed E-state index contributed by atoms with van der Waals surface area (Å²) in [4.78, 5) is 14.4. The molecular weight excluding hydrogens is 330 g/mol. The lowest BCUT2D eigenvalue weighted by atomic mass is 10.1. The van der Waals surface area contributed by atoms with E-state index in [0.717, 1.165) is 40.9 Å². The van der Waals surface area contributed by atoms with E-state index in [1.165, 1.54) is 11.1 Å². The van der Waals surface area contributed by atoms with E-state index in [1.807, 2.05) is 30.9 Å². The topological polar surface area (TPSA) is 49.0 Å². The second-order valence-corrected chi connectivity index (χ2v) is 6.40. The lowest BCUT2D eigenvalue weighted by Crippen LogP contribution is -2.29. The molecule has 2 heterocycles. The number of amides is 1. The number of nitrogens with zero attached hydrogens (tertiary/aromatic N) is 2. The van der Waals surface area contributed by atoms with Gasteiger partial charge in [0.15, 0.2) is 0 Å². The van der Waals surface area contributed by atoms with Crippen LogP contribution >= 0.6 is 15.9 Å². The highest BCUT2D eigenvalue weighted by Gasteiger charge is 2.24. The Hall–Kier alpha value is -1.62. The molecule has 0 spiro atoms. The van der Waals surface area contributed by atoms with Crippen LogP contribution in [0.4, 0.5) is 5.69 Å². The first-order chi connectivity index (χ1) is 10.1. The highest BCUT2D eigenvalue weighted by molar-refractivity contribution is 9.10. The second-order valence-electron chi connectivity index (χ2n) is 5.48. The molecule has 1 aromatic heterocycles. The van der Waals surface area contributed by atoms with Gasteiger partial charge in [-0.15, -0.1) is 0 Å². The summed E-state index contributed by atoms with van der Waals surface area (Å²) in [5.74, 6) is 0.191. The highest BCUT2D eigenvalue weighted by Crippen LogP contribution is 2.31. The van der Waals surface area contributed by atoms with Gasteiger partial charge in [-0.05, 0) is 56.0 Å². The molecule has 110 valence electrons. The Balaban J connectivity index is 1.71. The number of fused-ring (bicyclic) bond motifs is 1. The summed E-state index contributed by atoms with van der Waals surface area (Å²) in [6, 6.07) is 6.13. The summed E-state index contributed by atoms with van der Waals surface area (Å²) >= 11 is 3.48. The van der Waals surface area contributed by atoms with E-state index in [4.69, 9.17) is 0 Å². The number of carbonyl (C=O) groups excluding carboxylic acids is 1. The molecule has 1 aromatic carbocycles. The van der Waals surface area contributed by atoms with Crippen molar-refractivity contribution < 1.29 is 4.79 Å². The number of aryl methyl sites for hydroxylation is 2. The molecule has 1 N–H and O–H groups in total. The zero-order valence-corrected chi connectivity index (χ0v) is 13.8. The Morgan fingerprint density at radius 3 is 2.95 bits per heavy atom. The Labute approximate surface area is 132 Å². The van der Waals surface area contributed by atoms with Crippen LogP contribution in [0.25, 0.3) is 0 Å². The molecule has 1 amide bonds. The fourth-order valence-corrected chi connectivity index (χ4v) is 3.35. The van der Waals surface area contributed by atoms with Crippen molar-refractivity contribution >= 4 is 27.5 Å². The molecule has 0 bridgehead atoms. The Morgan fingerprint density at radius 1 is 1.43 bits per heavy atom. The summed E-state index contributed by atoms with van der Waals surface area (Å²) in [6.45, 7) is 4.77. The molecule has 0 radical (unpaired) electrons. The summed E-state index contributed by atoms with van der Waals surface area (Å²) in [7, 11) is 0. The van der Waals surface area contributed by atoms with Gasteiger partial charge in [-0.25, -0.2) is 0 Å². The van der Waals surface area contributed by atoms with Crippen molar-refractivity contribution in [3.05, 3.63) is 45.2 Å². The number of anilines is 1. The van der Waals surface area contributed by atoms with Crippen LogP contribution in [-0.4, -0.2) is 22.6 Å². The summed E-state index contributed by atoms with van der Waals surface area (Å²) in [5.41, 5.74) is 5.52. The third kappa shape index (κ3) is 2.75. The number of halogens is 1. The lowest BCUT2D eigenvalue weighted by molar-refractivity contribution is -0.118. The largest absolute Gasteiger partial charge is 0.312 e.